The van der Waals surface area contributed by atoms with Crippen LogP contribution >= 0.6 is 0 Å². The summed E-state index contributed by atoms with van der Waals surface area (Å²) in [5, 5.41) is 9.39. The maximum absolute atomic E-state index is 9.39. The van der Waals surface area contributed by atoms with Gasteiger partial charge in [-0.3, -0.25) is 0 Å². The van der Waals surface area contributed by atoms with Gasteiger partial charge in [0.25, 0.3) is 0 Å². The summed E-state index contributed by atoms with van der Waals surface area (Å²) in [7, 11) is 0. The van der Waals surface area contributed by atoms with Gasteiger partial charge in [-0.05, 0) is 5.56 Å². The van der Waals surface area contributed by atoms with Crippen molar-refractivity contribution in [2.75, 3.05) is 19.8 Å². The first-order valence-electron chi connectivity index (χ1n) is 5.87. The predicted octanol–water partition coefficient (Wildman–Crippen LogP) is 2.32. The molecule has 0 saturated carbocycles. The van der Waals surface area contributed by atoms with E-state index in [9.17, 15) is 5.11 Å². The highest BCUT2D eigenvalue weighted by molar-refractivity contribution is 5.13. The standard InChI is InChI=1S/C15H20O3/c1-3-10-18-15(4-2,12-16)13-17-11-14-8-6-5-7-9-14/h3-9,16H,1-2,10-13H2/t15-/m1/s1. The molecule has 0 aliphatic heterocycles. The fourth-order valence-corrected chi connectivity index (χ4v) is 1.46. The van der Waals surface area contributed by atoms with Crippen molar-refractivity contribution in [3.05, 3.63) is 61.2 Å². The van der Waals surface area contributed by atoms with Crippen LogP contribution in [-0.4, -0.2) is 30.5 Å². The number of aliphatic hydroxyl groups excluding tert-OH is 1. The summed E-state index contributed by atoms with van der Waals surface area (Å²) in [4.78, 5) is 0. The summed E-state index contributed by atoms with van der Waals surface area (Å²) < 4.78 is 11.1. The number of rotatable bonds is 9. The predicted molar refractivity (Wildman–Crippen MR) is 72.3 cm³/mol. The largest absolute Gasteiger partial charge is 0.393 e. The molecule has 0 aromatic heterocycles. The highest BCUT2D eigenvalue weighted by Crippen LogP contribution is 2.14. The van der Waals surface area contributed by atoms with Gasteiger partial charge in [-0.15, -0.1) is 13.2 Å². The molecule has 0 saturated heterocycles. The minimum atomic E-state index is -0.858. The summed E-state index contributed by atoms with van der Waals surface area (Å²) in [6.07, 6.45) is 3.20. The molecule has 0 aliphatic carbocycles. The van der Waals surface area contributed by atoms with Gasteiger partial charge < -0.3 is 14.6 Å². The molecule has 0 amide bonds. The molecule has 3 heteroatoms. The topological polar surface area (TPSA) is 38.7 Å². The average molecular weight is 248 g/mol. The summed E-state index contributed by atoms with van der Waals surface area (Å²) in [6, 6.07) is 9.84. The summed E-state index contributed by atoms with van der Waals surface area (Å²) >= 11 is 0. The van der Waals surface area contributed by atoms with Gasteiger partial charge >= 0.3 is 0 Å². The number of benzene rings is 1. The Hall–Kier alpha value is -1.42. The highest BCUT2D eigenvalue weighted by atomic mass is 16.5. The third kappa shape index (κ3) is 4.45. The highest BCUT2D eigenvalue weighted by Gasteiger charge is 2.26. The lowest BCUT2D eigenvalue weighted by Gasteiger charge is -2.27. The van der Waals surface area contributed by atoms with Crippen LogP contribution in [0.1, 0.15) is 5.56 Å². The Labute approximate surface area is 108 Å². The van der Waals surface area contributed by atoms with E-state index in [1.54, 1.807) is 12.2 Å². The molecule has 0 spiro atoms. The quantitative estimate of drug-likeness (QED) is 0.682. The zero-order valence-corrected chi connectivity index (χ0v) is 10.5. The van der Waals surface area contributed by atoms with E-state index in [0.717, 1.165) is 5.56 Å². The van der Waals surface area contributed by atoms with Crippen molar-refractivity contribution in [2.24, 2.45) is 0 Å². The molecule has 1 N–H and O–H groups in total. The van der Waals surface area contributed by atoms with Crippen molar-refractivity contribution < 1.29 is 14.6 Å². The van der Waals surface area contributed by atoms with Gasteiger partial charge in [0.1, 0.15) is 5.60 Å². The van der Waals surface area contributed by atoms with Gasteiger partial charge in [0.2, 0.25) is 0 Å². The Morgan fingerprint density at radius 3 is 2.50 bits per heavy atom. The Balaban J connectivity index is 2.47. The van der Waals surface area contributed by atoms with Crippen LogP contribution < -0.4 is 0 Å². The van der Waals surface area contributed by atoms with E-state index >= 15 is 0 Å². The van der Waals surface area contributed by atoms with Crippen molar-refractivity contribution in [3.63, 3.8) is 0 Å². The molecule has 0 bridgehead atoms. The Morgan fingerprint density at radius 1 is 1.22 bits per heavy atom. The lowest BCUT2D eigenvalue weighted by Crippen LogP contribution is -2.39. The molecule has 0 unspecified atom stereocenters. The molecule has 1 aromatic carbocycles. The molecule has 18 heavy (non-hydrogen) atoms. The molecule has 0 aliphatic rings. The Kier molecular flexibility index (Phi) is 6.36. The van der Waals surface area contributed by atoms with Crippen molar-refractivity contribution in [2.45, 2.75) is 12.2 Å². The zero-order valence-electron chi connectivity index (χ0n) is 10.5. The molecular weight excluding hydrogens is 228 g/mol. The van der Waals surface area contributed by atoms with Crippen LogP contribution in [0.25, 0.3) is 0 Å². The summed E-state index contributed by atoms with van der Waals surface area (Å²) in [6.45, 7) is 8.18. The molecule has 1 atom stereocenters. The second-order valence-corrected chi connectivity index (χ2v) is 4.01. The first-order chi connectivity index (χ1) is 8.76. The Morgan fingerprint density at radius 2 is 1.94 bits per heavy atom. The van der Waals surface area contributed by atoms with Crippen molar-refractivity contribution >= 4 is 0 Å². The van der Waals surface area contributed by atoms with Crippen molar-refractivity contribution in [1.82, 2.24) is 0 Å². The summed E-state index contributed by atoms with van der Waals surface area (Å²) in [5.74, 6) is 0. The van der Waals surface area contributed by atoms with Crippen LogP contribution in [0.4, 0.5) is 0 Å². The molecule has 3 nitrogen and oxygen atoms in total. The fourth-order valence-electron chi connectivity index (χ4n) is 1.46. The SMILES string of the molecule is C=CCO[C@](C=C)(CO)COCc1ccccc1. The maximum Gasteiger partial charge on any atom is 0.133 e. The lowest BCUT2D eigenvalue weighted by atomic mass is 10.1. The minimum absolute atomic E-state index is 0.168. The van der Waals surface area contributed by atoms with E-state index in [4.69, 9.17) is 9.47 Å². The molecular formula is C15H20O3. The van der Waals surface area contributed by atoms with Gasteiger partial charge in [0.05, 0.1) is 26.4 Å². The molecule has 1 rings (SSSR count). The van der Waals surface area contributed by atoms with Crippen LogP contribution in [-0.2, 0) is 16.1 Å². The normalized spacial score (nSPS) is 13.8. The monoisotopic (exact) mass is 248 g/mol. The zero-order chi connectivity index (χ0) is 13.3. The molecule has 0 radical (unpaired) electrons. The van der Waals surface area contributed by atoms with E-state index in [1.807, 2.05) is 30.3 Å². The summed E-state index contributed by atoms with van der Waals surface area (Å²) in [5.41, 5.74) is 0.223. The molecule has 0 fully saturated rings. The van der Waals surface area contributed by atoms with Crippen LogP contribution in [0.5, 0.6) is 0 Å². The minimum Gasteiger partial charge on any atom is -0.393 e. The first kappa shape index (κ1) is 14.6. The maximum atomic E-state index is 9.39. The number of aliphatic hydroxyl groups is 1. The molecule has 0 heterocycles. The number of hydrogen-bond donors (Lipinski definition) is 1. The van der Waals surface area contributed by atoms with Gasteiger partial charge in [-0.2, -0.15) is 0 Å². The smallest absolute Gasteiger partial charge is 0.133 e. The fraction of sp³-hybridized carbons (Fsp3) is 0.333. The van der Waals surface area contributed by atoms with Crippen LogP contribution in [0.2, 0.25) is 0 Å². The average Bonchev–Trinajstić information content (AvgIpc) is 2.44. The second-order valence-electron chi connectivity index (χ2n) is 4.01. The van der Waals surface area contributed by atoms with E-state index in [2.05, 4.69) is 13.2 Å². The van der Waals surface area contributed by atoms with E-state index < -0.39 is 5.60 Å². The van der Waals surface area contributed by atoms with Crippen LogP contribution in [0.3, 0.4) is 0 Å². The van der Waals surface area contributed by atoms with Crippen LogP contribution in [0.15, 0.2) is 55.6 Å². The van der Waals surface area contributed by atoms with Gasteiger partial charge in [0.15, 0.2) is 0 Å². The third-order valence-electron chi connectivity index (χ3n) is 2.59. The van der Waals surface area contributed by atoms with Crippen molar-refractivity contribution in [3.8, 4) is 0 Å². The van der Waals surface area contributed by atoms with E-state index in [-0.39, 0.29) is 13.2 Å². The van der Waals surface area contributed by atoms with E-state index in [1.165, 1.54) is 0 Å². The van der Waals surface area contributed by atoms with E-state index in [0.29, 0.717) is 13.2 Å². The molecule has 98 valence electrons. The van der Waals surface area contributed by atoms with Crippen molar-refractivity contribution in [1.29, 1.82) is 0 Å². The van der Waals surface area contributed by atoms with Gasteiger partial charge in [-0.1, -0.05) is 42.5 Å². The number of hydrogen-bond acceptors (Lipinski definition) is 3. The lowest BCUT2D eigenvalue weighted by molar-refractivity contribution is -0.0875. The second kappa shape index (κ2) is 7.82. The third-order valence-corrected chi connectivity index (χ3v) is 2.59. The Bertz CT molecular complexity index is 361. The number of ether oxygens (including phenoxy) is 2. The first-order valence-corrected chi connectivity index (χ1v) is 5.87. The van der Waals surface area contributed by atoms with Crippen LogP contribution in [0, 0.1) is 0 Å². The molecule has 1 aromatic rings. The van der Waals surface area contributed by atoms with Gasteiger partial charge in [0, 0.05) is 0 Å². The van der Waals surface area contributed by atoms with Gasteiger partial charge in [-0.25, -0.2) is 0 Å².